The standard InChI is InChI=1S/C18H19NO3S/c20-17(21)10-12-6-8-14(9-7-12)19-18(22)16-11-13-4-2-1-3-5-15(13)23-16/h6-9,11H,1-5,10H2,(H,19,22)(H,20,21). The molecule has 5 heteroatoms. The highest BCUT2D eigenvalue weighted by molar-refractivity contribution is 7.14. The zero-order chi connectivity index (χ0) is 16.2. The van der Waals surface area contributed by atoms with Crippen LogP contribution in [0.15, 0.2) is 30.3 Å². The average molecular weight is 329 g/mol. The van der Waals surface area contributed by atoms with E-state index in [0.29, 0.717) is 5.69 Å². The lowest BCUT2D eigenvalue weighted by Crippen LogP contribution is -2.10. The van der Waals surface area contributed by atoms with Crippen molar-refractivity contribution < 1.29 is 14.7 Å². The zero-order valence-corrected chi connectivity index (χ0v) is 13.6. The minimum absolute atomic E-state index is 0.00806. The van der Waals surface area contributed by atoms with E-state index in [4.69, 9.17) is 5.11 Å². The molecule has 0 unspecified atom stereocenters. The number of carbonyl (C=O) groups excluding carboxylic acids is 1. The summed E-state index contributed by atoms with van der Waals surface area (Å²) in [6.07, 6.45) is 5.83. The van der Waals surface area contributed by atoms with Crippen LogP contribution in [-0.4, -0.2) is 17.0 Å². The molecule has 1 heterocycles. The highest BCUT2D eigenvalue weighted by Crippen LogP contribution is 2.29. The van der Waals surface area contributed by atoms with Crippen LogP contribution in [0.3, 0.4) is 0 Å². The number of fused-ring (bicyclic) bond motifs is 1. The molecule has 0 atom stereocenters. The van der Waals surface area contributed by atoms with E-state index in [9.17, 15) is 9.59 Å². The Hall–Kier alpha value is -2.14. The van der Waals surface area contributed by atoms with Gasteiger partial charge >= 0.3 is 5.97 Å². The third-order valence-electron chi connectivity index (χ3n) is 4.04. The molecular weight excluding hydrogens is 310 g/mol. The van der Waals surface area contributed by atoms with Crippen LogP contribution < -0.4 is 5.32 Å². The van der Waals surface area contributed by atoms with Gasteiger partial charge in [0.05, 0.1) is 11.3 Å². The number of carbonyl (C=O) groups is 2. The number of hydrogen-bond acceptors (Lipinski definition) is 3. The average Bonchev–Trinajstić information content (AvgIpc) is 2.80. The normalized spacial score (nSPS) is 13.9. The first-order valence-electron chi connectivity index (χ1n) is 7.85. The van der Waals surface area contributed by atoms with Crippen LogP contribution in [0.25, 0.3) is 0 Å². The SMILES string of the molecule is O=C(O)Cc1ccc(NC(=O)c2cc3c(s2)CCCCC3)cc1. The Kier molecular flexibility index (Phi) is 4.76. The first-order chi connectivity index (χ1) is 11.1. The van der Waals surface area contributed by atoms with Gasteiger partial charge in [-0.2, -0.15) is 0 Å². The van der Waals surface area contributed by atoms with Crippen LogP contribution in [0.1, 0.15) is 44.9 Å². The minimum Gasteiger partial charge on any atom is -0.481 e. The van der Waals surface area contributed by atoms with Gasteiger partial charge in [-0.3, -0.25) is 9.59 Å². The van der Waals surface area contributed by atoms with Crippen molar-refractivity contribution in [3.8, 4) is 0 Å². The molecule has 1 amide bonds. The van der Waals surface area contributed by atoms with E-state index in [-0.39, 0.29) is 12.3 Å². The highest BCUT2D eigenvalue weighted by atomic mass is 32.1. The molecule has 1 aromatic heterocycles. The maximum absolute atomic E-state index is 12.4. The number of amides is 1. The Morgan fingerprint density at radius 2 is 1.83 bits per heavy atom. The molecule has 1 aliphatic carbocycles. The maximum atomic E-state index is 12.4. The Bertz CT molecular complexity index is 695. The second kappa shape index (κ2) is 6.96. The highest BCUT2D eigenvalue weighted by Gasteiger charge is 2.16. The first kappa shape index (κ1) is 15.7. The summed E-state index contributed by atoms with van der Waals surface area (Å²) in [5.74, 6) is -0.948. The van der Waals surface area contributed by atoms with Crippen molar-refractivity contribution in [3.63, 3.8) is 0 Å². The fourth-order valence-corrected chi connectivity index (χ4v) is 4.00. The Morgan fingerprint density at radius 3 is 2.57 bits per heavy atom. The van der Waals surface area contributed by atoms with E-state index < -0.39 is 5.97 Å². The largest absolute Gasteiger partial charge is 0.481 e. The topological polar surface area (TPSA) is 66.4 Å². The van der Waals surface area contributed by atoms with Crippen LogP contribution in [0.4, 0.5) is 5.69 Å². The fraction of sp³-hybridized carbons (Fsp3) is 0.333. The molecular formula is C18H19NO3S. The Labute approximate surface area is 139 Å². The van der Waals surface area contributed by atoms with E-state index in [1.807, 2.05) is 6.07 Å². The van der Waals surface area contributed by atoms with Gasteiger partial charge < -0.3 is 10.4 Å². The van der Waals surface area contributed by atoms with Gasteiger partial charge in [-0.1, -0.05) is 18.6 Å². The molecule has 0 radical (unpaired) electrons. The van der Waals surface area contributed by atoms with Crippen LogP contribution in [0.2, 0.25) is 0 Å². The molecule has 4 nitrogen and oxygen atoms in total. The molecule has 1 aromatic carbocycles. The summed E-state index contributed by atoms with van der Waals surface area (Å²) in [6, 6.07) is 8.98. The molecule has 2 aromatic rings. The summed E-state index contributed by atoms with van der Waals surface area (Å²) < 4.78 is 0. The fourth-order valence-electron chi connectivity index (χ4n) is 2.85. The number of aryl methyl sites for hydroxylation is 2. The van der Waals surface area contributed by atoms with E-state index in [1.165, 1.54) is 29.7 Å². The van der Waals surface area contributed by atoms with Crippen molar-refractivity contribution in [3.05, 3.63) is 51.2 Å². The summed E-state index contributed by atoms with van der Waals surface area (Å²) in [6.45, 7) is 0. The van der Waals surface area contributed by atoms with Crippen LogP contribution in [-0.2, 0) is 24.1 Å². The van der Waals surface area contributed by atoms with Crippen molar-refractivity contribution in [2.75, 3.05) is 5.32 Å². The monoisotopic (exact) mass is 329 g/mol. The van der Waals surface area contributed by atoms with Crippen LogP contribution >= 0.6 is 11.3 Å². The zero-order valence-electron chi connectivity index (χ0n) is 12.8. The molecule has 1 aliphatic rings. The number of anilines is 1. The van der Waals surface area contributed by atoms with E-state index in [2.05, 4.69) is 5.32 Å². The van der Waals surface area contributed by atoms with Crippen molar-refractivity contribution in [2.45, 2.75) is 38.5 Å². The van der Waals surface area contributed by atoms with Crippen molar-refractivity contribution in [2.24, 2.45) is 0 Å². The van der Waals surface area contributed by atoms with Gasteiger partial charge in [0.25, 0.3) is 5.91 Å². The number of thiophene rings is 1. The second-order valence-corrected chi connectivity index (χ2v) is 6.98. The lowest BCUT2D eigenvalue weighted by atomic mass is 10.1. The number of hydrogen-bond donors (Lipinski definition) is 2. The predicted molar refractivity (Wildman–Crippen MR) is 91.3 cm³/mol. The van der Waals surface area contributed by atoms with Gasteiger partial charge in [0, 0.05) is 10.6 Å². The third-order valence-corrected chi connectivity index (χ3v) is 5.27. The van der Waals surface area contributed by atoms with Crippen LogP contribution in [0.5, 0.6) is 0 Å². The molecule has 0 saturated carbocycles. The van der Waals surface area contributed by atoms with Gasteiger partial charge in [0.1, 0.15) is 0 Å². The smallest absolute Gasteiger partial charge is 0.307 e. The molecule has 0 aliphatic heterocycles. The summed E-state index contributed by atoms with van der Waals surface area (Å²) in [5.41, 5.74) is 2.74. The van der Waals surface area contributed by atoms with Gasteiger partial charge in [0.15, 0.2) is 0 Å². The van der Waals surface area contributed by atoms with Gasteiger partial charge in [-0.25, -0.2) is 0 Å². The second-order valence-electron chi connectivity index (χ2n) is 5.84. The minimum atomic E-state index is -0.859. The lowest BCUT2D eigenvalue weighted by molar-refractivity contribution is -0.136. The number of carboxylic acids is 1. The number of rotatable bonds is 4. The summed E-state index contributed by atoms with van der Waals surface area (Å²) in [4.78, 5) is 25.2. The third kappa shape index (κ3) is 3.99. The van der Waals surface area contributed by atoms with Crippen molar-refractivity contribution in [1.29, 1.82) is 0 Å². The molecule has 2 N–H and O–H groups in total. The molecule has 0 fully saturated rings. The number of nitrogens with one attached hydrogen (secondary N) is 1. The quantitative estimate of drug-likeness (QED) is 0.836. The van der Waals surface area contributed by atoms with E-state index in [1.54, 1.807) is 35.6 Å². The molecule has 0 bridgehead atoms. The number of carboxylic acid groups (broad SMARTS) is 1. The first-order valence-corrected chi connectivity index (χ1v) is 8.67. The summed E-state index contributed by atoms with van der Waals surface area (Å²) in [7, 11) is 0. The van der Waals surface area contributed by atoms with Gasteiger partial charge in [0.2, 0.25) is 0 Å². The summed E-state index contributed by atoms with van der Waals surface area (Å²) in [5, 5.41) is 11.6. The molecule has 23 heavy (non-hydrogen) atoms. The molecule has 0 spiro atoms. The van der Waals surface area contributed by atoms with Crippen molar-refractivity contribution in [1.82, 2.24) is 0 Å². The maximum Gasteiger partial charge on any atom is 0.307 e. The van der Waals surface area contributed by atoms with Gasteiger partial charge in [-0.15, -0.1) is 11.3 Å². The predicted octanol–water partition coefficient (Wildman–Crippen LogP) is 3.90. The Balaban J connectivity index is 1.68. The lowest BCUT2D eigenvalue weighted by Gasteiger charge is -2.04. The molecule has 3 rings (SSSR count). The van der Waals surface area contributed by atoms with E-state index >= 15 is 0 Å². The number of benzene rings is 1. The molecule has 120 valence electrons. The summed E-state index contributed by atoms with van der Waals surface area (Å²) >= 11 is 1.60. The molecule has 0 saturated heterocycles. The Morgan fingerprint density at radius 1 is 1.09 bits per heavy atom. The number of aliphatic carboxylic acids is 1. The van der Waals surface area contributed by atoms with Crippen molar-refractivity contribution >= 4 is 28.9 Å². The van der Waals surface area contributed by atoms with Crippen LogP contribution in [0, 0.1) is 0 Å². The van der Waals surface area contributed by atoms with Gasteiger partial charge in [-0.05, 0) is 55.0 Å². The van der Waals surface area contributed by atoms with E-state index in [0.717, 1.165) is 23.3 Å².